The van der Waals surface area contributed by atoms with Crippen molar-refractivity contribution < 1.29 is 4.52 Å². The normalized spacial score (nSPS) is 23.8. The summed E-state index contributed by atoms with van der Waals surface area (Å²) in [7, 11) is 0. The first-order valence-corrected chi connectivity index (χ1v) is 6.39. The first kappa shape index (κ1) is 11.9. The Balaban J connectivity index is 1.77. The van der Waals surface area contributed by atoms with Crippen molar-refractivity contribution in [2.45, 2.75) is 26.2 Å². The summed E-state index contributed by atoms with van der Waals surface area (Å²) in [5, 5.41) is 13.1. The van der Waals surface area contributed by atoms with Crippen LogP contribution < -0.4 is 0 Å². The van der Waals surface area contributed by atoms with E-state index in [2.05, 4.69) is 30.1 Å². The molecule has 0 saturated heterocycles. The van der Waals surface area contributed by atoms with Crippen LogP contribution in [0.3, 0.4) is 0 Å². The zero-order chi connectivity index (χ0) is 13.5. The lowest BCUT2D eigenvalue weighted by Crippen LogP contribution is -1.92. The minimum Gasteiger partial charge on any atom is -0.339 e. The first-order chi connectivity index (χ1) is 9.13. The first-order valence-electron chi connectivity index (χ1n) is 6.39. The molecule has 0 N–H and O–H groups in total. The van der Waals surface area contributed by atoms with E-state index < -0.39 is 0 Å². The van der Waals surface area contributed by atoms with Crippen LogP contribution in [0, 0.1) is 22.7 Å². The van der Waals surface area contributed by atoms with Crippen LogP contribution in [-0.4, -0.2) is 10.1 Å². The minimum atomic E-state index is -0.0503. The third kappa shape index (κ3) is 2.01. The molecule has 4 heteroatoms. The fourth-order valence-corrected chi connectivity index (χ4v) is 2.58. The number of rotatable bonds is 3. The van der Waals surface area contributed by atoms with Gasteiger partial charge in [-0.25, -0.2) is 0 Å². The second-order valence-electron chi connectivity index (χ2n) is 5.62. The van der Waals surface area contributed by atoms with E-state index in [0.717, 1.165) is 5.56 Å². The summed E-state index contributed by atoms with van der Waals surface area (Å²) in [4.78, 5) is 4.43. The van der Waals surface area contributed by atoms with E-state index in [-0.39, 0.29) is 17.3 Å². The van der Waals surface area contributed by atoms with E-state index in [1.54, 1.807) is 0 Å². The third-order valence-electron chi connectivity index (χ3n) is 3.92. The van der Waals surface area contributed by atoms with Crippen LogP contribution in [-0.2, 0) is 6.42 Å². The molecule has 1 fully saturated rings. The average molecular weight is 253 g/mol. The van der Waals surface area contributed by atoms with Crippen LogP contribution in [0.5, 0.6) is 0 Å². The summed E-state index contributed by atoms with van der Waals surface area (Å²) in [5.41, 5.74) is 1.10. The molecule has 0 spiro atoms. The fraction of sp³-hybridized carbons (Fsp3) is 0.400. The zero-order valence-corrected chi connectivity index (χ0v) is 11.0. The minimum absolute atomic E-state index is 0.0162. The fourth-order valence-electron chi connectivity index (χ4n) is 2.58. The summed E-state index contributed by atoms with van der Waals surface area (Å²) in [6.45, 7) is 4.12. The molecule has 2 aromatic rings. The van der Waals surface area contributed by atoms with E-state index in [0.29, 0.717) is 18.1 Å². The molecule has 1 aromatic carbocycles. The van der Waals surface area contributed by atoms with Gasteiger partial charge in [0, 0.05) is 6.42 Å². The third-order valence-corrected chi connectivity index (χ3v) is 3.92. The molecule has 3 rings (SSSR count). The van der Waals surface area contributed by atoms with Gasteiger partial charge in [0.25, 0.3) is 0 Å². The van der Waals surface area contributed by atoms with Crippen molar-refractivity contribution in [1.29, 1.82) is 5.26 Å². The standard InChI is InChI=1S/C15H15N3O/c1-15(2)11(9-16)13(15)14-17-12(18-19-14)8-10-6-4-3-5-7-10/h3-7,11,13H,8H2,1-2H3. The molecule has 19 heavy (non-hydrogen) atoms. The lowest BCUT2D eigenvalue weighted by atomic mass is 10.1. The maximum atomic E-state index is 9.08. The number of aromatic nitrogens is 2. The van der Waals surface area contributed by atoms with Gasteiger partial charge < -0.3 is 4.52 Å². The van der Waals surface area contributed by atoms with Gasteiger partial charge in [0.1, 0.15) is 0 Å². The van der Waals surface area contributed by atoms with Crippen molar-refractivity contribution in [3.05, 3.63) is 47.6 Å². The molecular weight excluding hydrogens is 238 g/mol. The van der Waals surface area contributed by atoms with Gasteiger partial charge >= 0.3 is 0 Å². The van der Waals surface area contributed by atoms with E-state index >= 15 is 0 Å². The van der Waals surface area contributed by atoms with Gasteiger partial charge in [-0.05, 0) is 11.0 Å². The largest absolute Gasteiger partial charge is 0.339 e. The molecule has 2 atom stereocenters. The van der Waals surface area contributed by atoms with Crippen LogP contribution in [0.1, 0.15) is 37.0 Å². The van der Waals surface area contributed by atoms with E-state index in [9.17, 15) is 0 Å². The van der Waals surface area contributed by atoms with Crippen LogP contribution in [0.2, 0.25) is 0 Å². The highest BCUT2D eigenvalue weighted by Gasteiger charge is 2.62. The van der Waals surface area contributed by atoms with Gasteiger partial charge in [-0.3, -0.25) is 0 Å². The lowest BCUT2D eigenvalue weighted by molar-refractivity contribution is 0.363. The highest BCUT2D eigenvalue weighted by atomic mass is 16.5. The average Bonchev–Trinajstić information content (AvgIpc) is 2.72. The van der Waals surface area contributed by atoms with Crippen LogP contribution in [0.4, 0.5) is 0 Å². The molecular formula is C15H15N3O. The molecule has 0 aliphatic heterocycles. The van der Waals surface area contributed by atoms with E-state index in [1.165, 1.54) is 0 Å². The maximum absolute atomic E-state index is 9.08. The van der Waals surface area contributed by atoms with E-state index in [4.69, 9.17) is 9.78 Å². The number of hydrogen-bond acceptors (Lipinski definition) is 4. The SMILES string of the molecule is CC1(C)C(C#N)C1c1nc(Cc2ccccc2)no1. The second kappa shape index (κ2) is 4.20. The Morgan fingerprint density at radius 1 is 1.32 bits per heavy atom. The Kier molecular flexibility index (Phi) is 2.63. The predicted octanol–water partition coefficient (Wildman–Crippen LogP) is 2.92. The Hall–Kier alpha value is -2.15. The molecule has 1 heterocycles. The Labute approximate surface area is 112 Å². The number of nitrogens with zero attached hydrogens (tertiary/aromatic N) is 3. The van der Waals surface area contributed by atoms with Crippen molar-refractivity contribution in [3.63, 3.8) is 0 Å². The second-order valence-corrected chi connectivity index (χ2v) is 5.62. The van der Waals surface area contributed by atoms with E-state index in [1.807, 2.05) is 30.3 Å². The van der Waals surface area contributed by atoms with Gasteiger partial charge in [0.05, 0.1) is 17.9 Å². The molecule has 1 aliphatic rings. The monoisotopic (exact) mass is 253 g/mol. The molecule has 2 unspecified atom stereocenters. The molecule has 4 nitrogen and oxygen atoms in total. The van der Waals surface area contributed by atoms with Crippen molar-refractivity contribution in [1.82, 2.24) is 10.1 Å². The summed E-state index contributed by atoms with van der Waals surface area (Å²) < 4.78 is 5.32. The molecule has 0 radical (unpaired) electrons. The highest BCUT2D eigenvalue weighted by molar-refractivity contribution is 5.27. The Bertz CT molecular complexity index is 624. The van der Waals surface area contributed by atoms with Gasteiger partial charge in [0.15, 0.2) is 5.82 Å². The molecule has 1 aliphatic carbocycles. The molecule has 1 aromatic heterocycles. The van der Waals surface area contributed by atoms with Crippen molar-refractivity contribution in [2.24, 2.45) is 11.3 Å². The van der Waals surface area contributed by atoms with Gasteiger partial charge in [0.2, 0.25) is 5.89 Å². The maximum Gasteiger partial charge on any atom is 0.231 e. The van der Waals surface area contributed by atoms with Gasteiger partial charge in [-0.2, -0.15) is 10.2 Å². The zero-order valence-electron chi connectivity index (χ0n) is 11.0. The van der Waals surface area contributed by atoms with Crippen LogP contribution >= 0.6 is 0 Å². The lowest BCUT2D eigenvalue weighted by Gasteiger charge is -1.95. The Morgan fingerprint density at radius 2 is 2.05 bits per heavy atom. The molecule has 0 amide bonds. The Morgan fingerprint density at radius 3 is 2.68 bits per heavy atom. The number of nitriles is 1. The smallest absolute Gasteiger partial charge is 0.231 e. The van der Waals surface area contributed by atoms with Crippen molar-refractivity contribution in [3.8, 4) is 6.07 Å². The quantitative estimate of drug-likeness (QED) is 0.843. The summed E-state index contributed by atoms with van der Waals surface area (Å²) in [5.74, 6) is 1.34. The summed E-state index contributed by atoms with van der Waals surface area (Å²) >= 11 is 0. The topological polar surface area (TPSA) is 62.7 Å². The molecule has 96 valence electrons. The number of hydrogen-bond donors (Lipinski definition) is 0. The predicted molar refractivity (Wildman–Crippen MR) is 69.2 cm³/mol. The number of benzene rings is 1. The highest BCUT2D eigenvalue weighted by Crippen LogP contribution is 2.63. The van der Waals surface area contributed by atoms with Gasteiger partial charge in [-0.1, -0.05) is 49.3 Å². The molecule has 1 saturated carbocycles. The molecule has 0 bridgehead atoms. The summed E-state index contributed by atoms with van der Waals surface area (Å²) in [6.07, 6.45) is 0.661. The van der Waals surface area contributed by atoms with Gasteiger partial charge in [-0.15, -0.1) is 0 Å². The summed E-state index contributed by atoms with van der Waals surface area (Å²) in [6, 6.07) is 12.3. The van der Waals surface area contributed by atoms with Crippen LogP contribution in [0.25, 0.3) is 0 Å². The van der Waals surface area contributed by atoms with Crippen LogP contribution in [0.15, 0.2) is 34.9 Å². The van der Waals surface area contributed by atoms with Crippen molar-refractivity contribution >= 4 is 0 Å². The van der Waals surface area contributed by atoms with Crippen molar-refractivity contribution in [2.75, 3.05) is 0 Å².